The maximum atomic E-state index is 12.6. The number of hydrogen-bond acceptors (Lipinski definition) is 2. The molecule has 2 aliphatic heterocycles. The third-order valence-corrected chi connectivity index (χ3v) is 5.38. The SMILES string of the molecule is CC1(CCc2ccccc2)CCN(C(=O)C2CCCNC2)C1.Cl. The van der Waals surface area contributed by atoms with Gasteiger partial charge in [-0.3, -0.25) is 4.79 Å². The van der Waals surface area contributed by atoms with Crippen molar-refractivity contribution in [3.8, 4) is 0 Å². The zero-order chi connectivity index (χ0) is 15.4. The third-order valence-electron chi connectivity index (χ3n) is 5.38. The van der Waals surface area contributed by atoms with E-state index in [1.54, 1.807) is 0 Å². The van der Waals surface area contributed by atoms with Crippen LogP contribution in [-0.4, -0.2) is 37.0 Å². The van der Waals surface area contributed by atoms with E-state index in [1.807, 2.05) is 0 Å². The molecule has 4 heteroatoms. The molecule has 1 aromatic carbocycles. The molecule has 0 spiro atoms. The summed E-state index contributed by atoms with van der Waals surface area (Å²) in [4.78, 5) is 14.8. The van der Waals surface area contributed by atoms with E-state index in [4.69, 9.17) is 0 Å². The van der Waals surface area contributed by atoms with Crippen LogP contribution in [0.4, 0.5) is 0 Å². The lowest BCUT2D eigenvalue weighted by molar-refractivity contribution is -0.135. The monoisotopic (exact) mass is 336 g/mol. The number of amides is 1. The van der Waals surface area contributed by atoms with E-state index in [0.717, 1.165) is 51.9 Å². The van der Waals surface area contributed by atoms with Crippen LogP contribution in [0, 0.1) is 11.3 Å². The van der Waals surface area contributed by atoms with E-state index in [9.17, 15) is 4.79 Å². The van der Waals surface area contributed by atoms with Crippen LogP contribution in [0.5, 0.6) is 0 Å². The first kappa shape index (κ1) is 18.3. The second-order valence-corrected chi connectivity index (χ2v) is 7.35. The number of carbonyl (C=O) groups is 1. The Bertz CT molecular complexity index is 501. The molecule has 2 atom stereocenters. The van der Waals surface area contributed by atoms with Crippen molar-refractivity contribution < 1.29 is 4.79 Å². The highest BCUT2D eigenvalue weighted by Gasteiger charge is 2.37. The van der Waals surface area contributed by atoms with Gasteiger partial charge in [0.1, 0.15) is 0 Å². The van der Waals surface area contributed by atoms with Gasteiger partial charge in [-0.1, -0.05) is 37.3 Å². The number of halogens is 1. The molecule has 128 valence electrons. The Kier molecular flexibility index (Phi) is 6.49. The van der Waals surface area contributed by atoms with Crippen LogP contribution in [0.3, 0.4) is 0 Å². The molecule has 1 aromatic rings. The predicted octanol–water partition coefficient (Wildman–Crippen LogP) is 3.28. The minimum atomic E-state index is 0. The topological polar surface area (TPSA) is 32.3 Å². The van der Waals surface area contributed by atoms with Crippen LogP contribution >= 0.6 is 12.4 Å². The summed E-state index contributed by atoms with van der Waals surface area (Å²) >= 11 is 0. The van der Waals surface area contributed by atoms with E-state index in [-0.39, 0.29) is 23.7 Å². The summed E-state index contributed by atoms with van der Waals surface area (Å²) in [7, 11) is 0. The lowest BCUT2D eigenvalue weighted by Gasteiger charge is -2.29. The van der Waals surface area contributed by atoms with E-state index >= 15 is 0 Å². The van der Waals surface area contributed by atoms with Gasteiger partial charge >= 0.3 is 0 Å². The molecule has 23 heavy (non-hydrogen) atoms. The van der Waals surface area contributed by atoms with Gasteiger partial charge in [-0.15, -0.1) is 12.4 Å². The van der Waals surface area contributed by atoms with Crippen molar-refractivity contribution in [2.75, 3.05) is 26.2 Å². The first-order chi connectivity index (χ1) is 10.7. The average molecular weight is 337 g/mol. The molecule has 0 radical (unpaired) electrons. The third kappa shape index (κ3) is 4.71. The van der Waals surface area contributed by atoms with Gasteiger partial charge in [0.15, 0.2) is 0 Å². The van der Waals surface area contributed by atoms with Crippen molar-refractivity contribution in [3.63, 3.8) is 0 Å². The molecule has 2 aliphatic rings. The highest BCUT2D eigenvalue weighted by Crippen LogP contribution is 2.35. The lowest BCUT2D eigenvalue weighted by atomic mass is 9.83. The van der Waals surface area contributed by atoms with Gasteiger partial charge in [-0.05, 0) is 49.6 Å². The number of piperidine rings is 1. The van der Waals surface area contributed by atoms with E-state index < -0.39 is 0 Å². The van der Waals surface area contributed by atoms with Crippen molar-refractivity contribution in [3.05, 3.63) is 35.9 Å². The van der Waals surface area contributed by atoms with Crippen LogP contribution in [0.1, 0.15) is 38.2 Å². The summed E-state index contributed by atoms with van der Waals surface area (Å²) in [5.74, 6) is 0.598. The molecule has 0 aromatic heterocycles. The van der Waals surface area contributed by atoms with E-state index in [1.165, 1.54) is 12.0 Å². The van der Waals surface area contributed by atoms with Crippen LogP contribution < -0.4 is 5.32 Å². The van der Waals surface area contributed by atoms with Gasteiger partial charge in [-0.25, -0.2) is 0 Å². The number of carbonyl (C=O) groups excluding carboxylic acids is 1. The van der Waals surface area contributed by atoms with Gasteiger partial charge < -0.3 is 10.2 Å². The van der Waals surface area contributed by atoms with Crippen LogP contribution in [0.15, 0.2) is 30.3 Å². The quantitative estimate of drug-likeness (QED) is 0.915. The normalized spacial score (nSPS) is 27.5. The molecule has 2 saturated heterocycles. The summed E-state index contributed by atoms with van der Waals surface area (Å²) in [5, 5.41) is 3.36. The second-order valence-electron chi connectivity index (χ2n) is 7.35. The maximum Gasteiger partial charge on any atom is 0.226 e. The summed E-state index contributed by atoms with van der Waals surface area (Å²) in [6, 6.07) is 10.7. The molecule has 3 rings (SSSR count). The van der Waals surface area contributed by atoms with Crippen molar-refractivity contribution >= 4 is 18.3 Å². The molecular weight excluding hydrogens is 308 g/mol. The molecule has 0 bridgehead atoms. The largest absolute Gasteiger partial charge is 0.342 e. The Hall–Kier alpha value is -1.06. The summed E-state index contributed by atoms with van der Waals surface area (Å²) in [5.41, 5.74) is 1.69. The number of likely N-dealkylation sites (tertiary alicyclic amines) is 1. The van der Waals surface area contributed by atoms with E-state index in [0.29, 0.717) is 5.91 Å². The van der Waals surface area contributed by atoms with Crippen LogP contribution in [0.2, 0.25) is 0 Å². The smallest absolute Gasteiger partial charge is 0.226 e. The van der Waals surface area contributed by atoms with Crippen molar-refractivity contribution in [1.82, 2.24) is 10.2 Å². The van der Waals surface area contributed by atoms with E-state index in [2.05, 4.69) is 47.5 Å². The number of hydrogen-bond donors (Lipinski definition) is 1. The van der Waals surface area contributed by atoms with Gasteiger partial charge in [-0.2, -0.15) is 0 Å². The average Bonchev–Trinajstić information content (AvgIpc) is 2.97. The molecule has 1 amide bonds. The van der Waals surface area contributed by atoms with Crippen molar-refractivity contribution in [1.29, 1.82) is 0 Å². The Labute approximate surface area is 146 Å². The fraction of sp³-hybridized carbons (Fsp3) is 0.632. The van der Waals surface area contributed by atoms with Gasteiger partial charge in [0.05, 0.1) is 5.92 Å². The summed E-state index contributed by atoms with van der Waals surface area (Å²) < 4.78 is 0. The fourth-order valence-corrected chi connectivity index (χ4v) is 3.83. The van der Waals surface area contributed by atoms with Crippen molar-refractivity contribution in [2.45, 2.75) is 39.0 Å². The molecule has 2 unspecified atom stereocenters. The molecule has 0 saturated carbocycles. The van der Waals surface area contributed by atoms with Gasteiger partial charge in [0.2, 0.25) is 5.91 Å². The Morgan fingerprint density at radius 3 is 2.83 bits per heavy atom. The van der Waals surface area contributed by atoms with Gasteiger partial charge in [0.25, 0.3) is 0 Å². The molecule has 3 nitrogen and oxygen atoms in total. The van der Waals surface area contributed by atoms with Crippen LogP contribution in [-0.2, 0) is 11.2 Å². The highest BCUT2D eigenvalue weighted by atomic mass is 35.5. The zero-order valence-electron chi connectivity index (χ0n) is 14.1. The number of aryl methyl sites for hydroxylation is 1. The van der Waals surface area contributed by atoms with Gasteiger partial charge in [0, 0.05) is 19.6 Å². The molecule has 1 N–H and O–H groups in total. The standard InChI is InChI=1S/C19H28N2O.ClH/c1-19(10-9-16-6-3-2-4-7-16)11-13-21(15-19)18(22)17-8-5-12-20-14-17;/h2-4,6-7,17,20H,5,8-15H2,1H3;1H. The zero-order valence-corrected chi connectivity index (χ0v) is 14.9. The highest BCUT2D eigenvalue weighted by molar-refractivity contribution is 5.85. The lowest BCUT2D eigenvalue weighted by Crippen LogP contribution is -2.42. The first-order valence-corrected chi connectivity index (χ1v) is 8.70. The number of nitrogens with zero attached hydrogens (tertiary/aromatic N) is 1. The molecule has 2 fully saturated rings. The number of benzene rings is 1. The van der Waals surface area contributed by atoms with Crippen molar-refractivity contribution in [2.24, 2.45) is 11.3 Å². The minimum Gasteiger partial charge on any atom is -0.342 e. The maximum absolute atomic E-state index is 12.6. The first-order valence-electron chi connectivity index (χ1n) is 8.70. The Morgan fingerprint density at radius 2 is 2.13 bits per heavy atom. The van der Waals surface area contributed by atoms with Crippen LogP contribution in [0.25, 0.3) is 0 Å². The molecule has 2 heterocycles. The number of nitrogens with one attached hydrogen (secondary N) is 1. The molecule has 0 aliphatic carbocycles. The second kappa shape index (κ2) is 8.16. The predicted molar refractivity (Wildman–Crippen MR) is 96.9 cm³/mol. The number of rotatable bonds is 4. The summed E-state index contributed by atoms with van der Waals surface area (Å²) in [6.07, 6.45) is 5.62. The fourth-order valence-electron chi connectivity index (χ4n) is 3.83. The minimum absolute atomic E-state index is 0. The Balaban J connectivity index is 0.00000192. The molecular formula is C19H29ClN2O. The summed E-state index contributed by atoms with van der Waals surface area (Å²) in [6.45, 7) is 6.17. The Morgan fingerprint density at radius 1 is 1.35 bits per heavy atom.